The van der Waals surface area contributed by atoms with Gasteiger partial charge in [0.15, 0.2) is 0 Å². The molecule has 1 aliphatic heterocycles. The maximum atomic E-state index is 6.05. The third-order valence-corrected chi connectivity index (χ3v) is 3.74. The molecule has 0 aromatic heterocycles. The maximum absolute atomic E-state index is 6.05. The van der Waals surface area contributed by atoms with Gasteiger partial charge in [0, 0.05) is 19.1 Å². The summed E-state index contributed by atoms with van der Waals surface area (Å²) in [5.41, 5.74) is 0. The molecule has 1 heterocycles. The first-order valence-corrected chi connectivity index (χ1v) is 7.01. The van der Waals surface area contributed by atoms with Crippen LogP contribution in [0.4, 0.5) is 0 Å². The molecule has 0 radical (unpaired) electrons. The summed E-state index contributed by atoms with van der Waals surface area (Å²) in [7, 11) is 0. The number of nitrogens with one attached hydrogen (secondary N) is 1. The second kappa shape index (κ2) is 6.98. The Balaban J connectivity index is 1.78. The number of nitrogens with zero attached hydrogens (tertiary/aromatic N) is 1. The van der Waals surface area contributed by atoms with Crippen LogP contribution >= 0.6 is 11.6 Å². The van der Waals surface area contributed by atoms with Crippen molar-refractivity contribution in [1.82, 2.24) is 10.2 Å². The fourth-order valence-corrected chi connectivity index (χ4v) is 2.57. The fourth-order valence-electron chi connectivity index (χ4n) is 2.38. The molecule has 0 amide bonds. The SMILES string of the molecule is CCN(CCOc1ccccc1Cl)C1CCNC1. The lowest BCUT2D eigenvalue weighted by molar-refractivity contribution is 0.174. The van der Waals surface area contributed by atoms with Crippen LogP contribution in [-0.2, 0) is 0 Å². The molecular weight excluding hydrogens is 248 g/mol. The van der Waals surface area contributed by atoms with E-state index in [1.165, 1.54) is 6.42 Å². The van der Waals surface area contributed by atoms with Crippen molar-refractivity contribution in [2.24, 2.45) is 0 Å². The second-order valence-corrected chi connectivity index (χ2v) is 4.96. The number of halogens is 1. The monoisotopic (exact) mass is 268 g/mol. The Kier molecular flexibility index (Phi) is 5.29. The van der Waals surface area contributed by atoms with Gasteiger partial charge in [-0.05, 0) is 31.6 Å². The largest absolute Gasteiger partial charge is 0.491 e. The lowest BCUT2D eigenvalue weighted by Gasteiger charge is -2.26. The average Bonchev–Trinajstić information content (AvgIpc) is 2.90. The molecule has 100 valence electrons. The Hall–Kier alpha value is -0.770. The molecule has 1 aromatic carbocycles. The van der Waals surface area contributed by atoms with Crippen LogP contribution in [0, 0.1) is 0 Å². The van der Waals surface area contributed by atoms with Crippen LogP contribution in [0.25, 0.3) is 0 Å². The first-order chi connectivity index (χ1) is 8.81. The Bertz CT molecular complexity index is 367. The van der Waals surface area contributed by atoms with Crippen LogP contribution in [0.15, 0.2) is 24.3 Å². The predicted octanol–water partition coefficient (Wildman–Crippen LogP) is 2.40. The standard InChI is InChI=1S/C14H21ClN2O/c1-2-17(12-7-8-16-11-12)9-10-18-14-6-4-3-5-13(14)15/h3-6,12,16H,2,7-11H2,1H3. The van der Waals surface area contributed by atoms with E-state index >= 15 is 0 Å². The Morgan fingerprint density at radius 3 is 2.94 bits per heavy atom. The summed E-state index contributed by atoms with van der Waals surface area (Å²) in [5.74, 6) is 0.778. The summed E-state index contributed by atoms with van der Waals surface area (Å²) in [6.45, 7) is 7.14. The first-order valence-electron chi connectivity index (χ1n) is 6.63. The third kappa shape index (κ3) is 3.61. The topological polar surface area (TPSA) is 24.5 Å². The number of para-hydroxylation sites is 1. The van der Waals surface area contributed by atoms with E-state index in [0.717, 1.165) is 31.9 Å². The van der Waals surface area contributed by atoms with Crippen molar-refractivity contribution in [3.8, 4) is 5.75 Å². The summed E-state index contributed by atoms with van der Waals surface area (Å²) in [6, 6.07) is 8.28. The van der Waals surface area contributed by atoms with Crippen molar-refractivity contribution in [3.05, 3.63) is 29.3 Å². The summed E-state index contributed by atoms with van der Waals surface area (Å²) >= 11 is 6.05. The van der Waals surface area contributed by atoms with Gasteiger partial charge in [-0.3, -0.25) is 4.90 Å². The van der Waals surface area contributed by atoms with Crippen LogP contribution in [0.3, 0.4) is 0 Å². The summed E-state index contributed by atoms with van der Waals surface area (Å²) in [6.07, 6.45) is 1.24. The molecule has 1 atom stereocenters. The zero-order valence-corrected chi connectivity index (χ0v) is 11.6. The molecule has 1 aliphatic rings. The van der Waals surface area contributed by atoms with Gasteiger partial charge in [-0.15, -0.1) is 0 Å². The van der Waals surface area contributed by atoms with Crippen molar-refractivity contribution < 1.29 is 4.74 Å². The average molecular weight is 269 g/mol. The van der Waals surface area contributed by atoms with E-state index in [-0.39, 0.29) is 0 Å². The molecule has 3 nitrogen and oxygen atoms in total. The molecule has 18 heavy (non-hydrogen) atoms. The molecule has 1 aromatic rings. The van der Waals surface area contributed by atoms with Crippen LogP contribution in [-0.4, -0.2) is 43.7 Å². The minimum atomic E-state index is 0.657. The van der Waals surface area contributed by atoms with E-state index in [9.17, 15) is 0 Å². The van der Waals surface area contributed by atoms with Crippen molar-refractivity contribution in [2.75, 3.05) is 32.8 Å². The molecule has 0 bridgehead atoms. The van der Waals surface area contributed by atoms with Gasteiger partial charge in [-0.25, -0.2) is 0 Å². The number of hydrogen-bond donors (Lipinski definition) is 1. The maximum Gasteiger partial charge on any atom is 0.137 e. The van der Waals surface area contributed by atoms with E-state index in [2.05, 4.69) is 17.1 Å². The highest BCUT2D eigenvalue weighted by Gasteiger charge is 2.20. The fraction of sp³-hybridized carbons (Fsp3) is 0.571. The van der Waals surface area contributed by atoms with Crippen molar-refractivity contribution >= 4 is 11.6 Å². The smallest absolute Gasteiger partial charge is 0.137 e. The number of rotatable bonds is 6. The summed E-state index contributed by atoms with van der Waals surface area (Å²) in [5, 5.41) is 4.08. The summed E-state index contributed by atoms with van der Waals surface area (Å²) in [4.78, 5) is 2.47. The van der Waals surface area contributed by atoms with Crippen molar-refractivity contribution in [1.29, 1.82) is 0 Å². The van der Waals surface area contributed by atoms with Crippen molar-refractivity contribution in [2.45, 2.75) is 19.4 Å². The molecule has 0 saturated carbocycles. The van der Waals surface area contributed by atoms with Gasteiger partial charge in [0.2, 0.25) is 0 Å². The van der Waals surface area contributed by atoms with E-state index in [0.29, 0.717) is 17.7 Å². The molecule has 0 aliphatic carbocycles. The number of benzene rings is 1. The molecular formula is C14H21ClN2O. The van der Waals surface area contributed by atoms with Gasteiger partial charge in [0.05, 0.1) is 5.02 Å². The highest BCUT2D eigenvalue weighted by atomic mass is 35.5. The van der Waals surface area contributed by atoms with Gasteiger partial charge in [-0.2, -0.15) is 0 Å². The van der Waals surface area contributed by atoms with Crippen LogP contribution in [0.2, 0.25) is 5.02 Å². The molecule has 4 heteroatoms. The first kappa shape index (κ1) is 13.7. The highest BCUT2D eigenvalue weighted by Crippen LogP contribution is 2.23. The molecule has 1 saturated heterocycles. The Morgan fingerprint density at radius 2 is 2.28 bits per heavy atom. The molecule has 1 N–H and O–H groups in total. The Labute approximate surface area is 114 Å². The minimum Gasteiger partial charge on any atom is -0.491 e. The lowest BCUT2D eigenvalue weighted by atomic mass is 10.2. The highest BCUT2D eigenvalue weighted by molar-refractivity contribution is 6.32. The van der Waals surface area contributed by atoms with Crippen LogP contribution < -0.4 is 10.1 Å². The Morgan fingerprint density at radius 1 is 1.44 bits per heavy atom. The number of likely N-dealkylation sites (N-methyl/N-ethyl adjacent to an activating group) is 1. The molecule has 2 rings (SSSR count). The zero-order valence-electron chi connectivity index (χ0n) is 10.9. The molecule has 0 spiro atoms. The van der Waals surface area contributed by atoms with Gasteiger partial charge in [0.25, 0.3) is 0 Å². The van der Waals surface area contributed by atoms with Gasteiger partial charge >= 0.3 is 0 Å². The van der Waals surface area contributed by atoms with E-state index in [1.54, 1.807) is 0 Å². The lowest BCUT2D eigenvalue weighted by Crippen LogP contribution is -2.39. The van der Waals surface area contributed by atoms with E-state index in [1.807, 2.05) is 24.3 Å². The summed E-state index contributed by atoms with van der Waals surface area (Å²) < 4.78 is 5.73. The van der Waals surface area contributed by atoms with E-state index in [4.69, 9.17) is 16.3 Å². The predicted molar refractivity (Wildman–Crippen MR) is 75.5 cm³/mol. The molecule has 1 unspecified atom stereocenters. The number of hydrogen-bond acceptors (Lipinski definition) is 3. The van der Waals surface area contributed by atoms with Crippen LogP contribution in [0.1, 0.15) is 13.3 Å². The normalized spacial score (nSPS) is 19.4. The van der Waals surface area contributed by atoms with Gasteiger partial charge < -0.3 is 10.1 Å². The van der Waals surface area contributed by atoms with Gasteiger partial charge in [0.1, 0.15) is 12.4 Å². The van der Waals surface area contributed by atoms with Gasteiger partial charge in [-0.1, -0.05) is 30.7 Å². The second-order valence-electron chi connectivity index (χ2n) is 4.55. The quantitative estimate of drug-likeness (QED) is 0.858. The third-order valence-electron chi connectivity index (χ3n) is 3.43. The van der Waals surface area contributed by atoms with Crippen molar-refractivity contribution in [3.63, 3.8) is 0 Å². The number of ether oxygens (including phenoxy) is 1. The minimum absolute atomic E-state index is 0.657. The molecule has 1 fully saturated rings. The van der Waals surface area contributed by atoms with E-state index < -0.39 is 0 Å². The zero-order chi connectivity index (χ0) is 12.8. The van der Waals surface area contributed by atoms with Crippen LogP contribution in [0.5, 0.6) is 5.75 Å².